The maximum absolute atomic E-state index is 14.0. The first-order chi connectivity index (χ1) is 8.93. The number of rotatable bonds is 3. The van der Waals surface area contributed by atoms with Crippen LogP contribution in [0, 0.1) is 5.82 Å². The van der Waals surface area contributed by atoms with Crippen LogP contribution in [-0.4, -0.2) is 21.8 Å². The van der Waals surface area contributed by atoms with Gasteiger partial charge >= 0.3 is 6.18 Å². The summed E-state index contributed by atoms with van der Waals surface area (Å²) in [6.45, 7) is 0.245. The fourth-order valence-corrected chi connectivity index (χ4v) is 1.54. The zero-order valence-corrected chi connectivity index (χ0v) is 9.87. The lowest BCUT2D eigenvalue weighted by Crippen LogP contribution is -2.11. The van der Waals surface area contributed by atoms with Crippen LogP contribution in [0.2, 0.25) is 0 Å². The van der Waals surface area contributed by atoms with Crippen molar-refractivity contribution >= 4 is 0 Å². The van der Waals surface area contributed by atoms with Crippen molar-refractivity contribution in [2.45, 2.75) is 12.7 Å². The first-order valence-electron chi connectivity index (χ1n) is 5.33. The van der Waals surface area contributed by atoms with E-state index in [1.165, 1.54) is 12.3 Å². The first kappa shape index (κ1) is 13.5. The molecule has 0 saturated carbocycles. The van der Waals surface area contributed by atoms with E-state index in [1.54, 1.807) is 7.05 Å². The molecule has 0 atom stereocenters. The predicted molar refractivity (Wildman–Crippen MR) is 59.1 cm³/mol. The van der Waals surface area contributed by atoms with E-state index in [0.717, 1.165) is 4.68 Å². The molecule has 0 aliphatic carbocycles. The third-order valence-electron chi connectivity index (χ3n) is 2.44. The SMILES string of the molecule is CNCc1ccnc(-n2cc(C(F)(F)F)cn2)c1F. The molecule has 102 valence electrons. The summed E-state index contributed by atoms with van der Waals surface area (Å²) in [4.78, 5) is 3.72. The van der Waals surface area contributed by atoms with E-state index < -0.39 is 17.6 Å². The molecule has 0 aromatic carbocycles. The molecule has 4 nitrogen and oxygen atoms in total. The molecular weight excluding hydrogens is 264 g/mol. The molecule has 1 N–H and O–H groups in total. The van der Waals surface area contributed by atoms with Crippen molar-refractivity contribution in [3.05, 3.63) is 41.6 Å². The molecule has 0 unspecified atom stereocenters. The molecule has 0 aliphatic rings. The summed E-state index contributed by atoms with van der Waals surface area (Å²) in [5, 5.41) is 6.24. The maximum Gasteiger partial charge on any atom is 0.419 e. The largest absolute Gasteiger partial charge is 0.419 e. The van der Waals surface area contributed by atoms with Gasteiger partial charge in [-0.2, -0.15) is 18.3 Å². The van der Waals surface area contributed by atoms with Crippen LogP contribution >= 0.6 is 0 Å². The topological polar surface area (TPSA) is 42.7 Å². The molecule has 0 saturated heterocycles. The molecule has 0 bridgehead atoms. The minimum absolute atomic E-state index is 0.245. The summed E-state index contributed by atoms with van der Waals surface area (Å²) in [6, 6.07) is 1.45. The van der Waals surface area contributed by atoms with Crippen molar-refractivity contribution in [1.29, 1.82) is 0 Å². The molecule has 0 fully saturated rings. The number of hydrogen-bond donors (Lipinski definition) is 1. The van der Waals surface area contributed by atoms with Gasteiger partial charge in [-0.15, -0.1) is 0 Å². The van der Waals surface area contributed by atoms with Crippen molar-refractivity contribution in [3.8, 4) is 5.82 Å². The highest BCUT2D eigenvalue weighted by Gasteiger charge is 2.32. The van der Waals surface area contributed by atoms with Gasteiger partial charge in [-0.3, -0.25) is 0 Å². The van der Waals surface area contributed by atoms with Crippen LogP contribution in [0.15, 0.2) is 24.7 Å². The fourth-order valence-electron chi connectivity index (χ4n) is 1.54. The van der Waals surface area contributed by atoms with E-state index in [-0.39, 0.29) is 12.4 Å². The highest BCUT2D eigenvalue weighted by atomic mass is 19.4. The summed E-state index contributed by atoms with van der Waals surface area (Å²) in [6.07, 6.45) is -1.86. The van der Waals surface area contributed by atoms with E-state index >= 15 is 0 Å². The molecule has 2 heterocycles. The summed E-state index contributed by atoms with van der Waals surface area (Å²) < 4.78 is 52.1. The Labute approximate surface area is 106 Å². The van der Waals surface area contributed by atoms with Crippen molar-refractivity contribution in [2.75, 3.05) is 7.05 Å². The molecule has 2 aromatic heterocycles. The van der Waals surface area contributed by atoms with Crippen LogP contribution in [0.3, 0.4) is 0 Å². The zero-order chi connectivity index (χ0) is 14.0. The van der Waals surface area contributed by atoms with E-state index in [4.69, 9.17) is 0 Å². The Morgan fingerprint density at radius 2 is 2.11 bits per heavy atom. The summed E-state index contributed by atoms with van der Waals surface area (Å²) >= 11 is 0. The monoisotopic (exact) mass is 274 g/mol. The van der Waals surface area contributed by atoms with Gasteiger partial charge < -0.3 is 5.32 Å². The number of aromatic nitrogens is 3. The highest BCUT2D eigenvalue weighted by molar-refractivity contribution is 5.30. The molecule has 0 radical (unpaired) electrons. The minimum atomic E-state index is -4.52. The van der Waals surface area contributed by atoms with E-state index in [1.807, 2.05) is 0 Å². The van der Waals surface area contributed by atoms with Crippen LogP contribution < -0.4 is 5.32 Å². The Morgan fingerprint density at radius 3 is 2.68 bits per heavy atom. The lowest BCUT2D eigenvalue weighted by Gasteiger charge is -2.07. The highest BCUT2D eigenvalue weighted by Crippen LogP contribution is 2.29. The van der Waals surface area contributed by atoms with Crippen LogP contribution in [0.4, 0.5) is 17.6 Å². The van der Waals surface area contributed by atoms with Crippen molar-refractivity contribution in [1.82, 2.24) is 20.1 Å². The second kappa shape index (κ2) is 4.96. The summed E-state index contributed by atoms with van der Waals surface area (Å²) in [7, 11) is 1.63. The predicted octanol–water partition coefficient (Wildman–Crippen LogP) is 2.14. The molecule has 0 spiro atoms. The lowest BCUT2D eigenvalue weighted by atomic mass is 10.2. The van der Waals surface area contributed by atoms with Gasteiger partial charge in [-0.05, 0) is 13.1 Å². The van der Waals surface area contributed by atoms with Gasteiger partial charge in [-0.25, -0.2) is 14.1 Å². The summed E-state index contributed by atoms with van der Waals surface area (Å²) in [5.41, 5.74) is -0.649. The molecular formula is C11H10F4N4. The second-order valence-corrected chi connectivity index (χ2v) is 3.81. The normalized spacial score (nSPS) is 11.8. The number of pyridine rings is 1. The maximum atomic E-state index is 14.0. The number of hydrogen-bond acceptors (Lipinski definition) is 3. The molecule has 0 amide bonds. The van der Waals surface area contributed by atoms with Gasteiger partial charge in [-0.1, -0.05) is 0 Å². The standard InChI is InChI=1S/C11H10F4N4/c1-16-4-7-2-3-17-10(9(7)12)19-6-8(5-18-19)11(13,14)15/h2-3,5-6,16H,4H2,1H3. The Bertz CT molecular complexity index is 576. The Balaban J connectivity index is 2.42. The van der Waals surface area contributed by atoms with Crippen molar-refractivity contribution < 1.29 is 17.6 Å². The van der Waals surface area contributed by atoms with Gasteiger partial charge in [0.25, 0.3) is 0 Å². The van der Waals surface area contributed by atoms with Gasteiger partial charge in [0, 0.05) is 24.5 Å². The van der Waals surface area contributed by atoms with Crippen LogP contribution in [0.25, 0.3) is 5.82 Å². The van der Waals surface area contributed by atoms with Gasteiger partial charge in [0.05, 0.1) is 11.8 Å². The third-order valence-corrected chi connectivity index (χ3v) is 2.44. The molecule has 19 heavy (non-hydrogen) atoms. The van der Waals surface area contributed by atoms with E-state index in [0.29, 0.717) is 18.0 Å². The smallest absolute Gasteiger partial charge is 0.316 e. The second-order valence-electron chi connectivity index (χ2n) is 3.81. The van der Waals surface area contributed by atoms with Crippen LogP contribution in [-0.2, 0) is 12.7 Å². The number of nitrogens with zero attached hydrogens (tertiary/aromatic N) is 3. The first-order valence-corrected chi connectivity index (χ1v) is 5.33. The van der Waals surface area contributed by atoms with Gasteiger partial charge in [0.1, 0.15) is 0 Å². The molecule has 0 aliphatic heterocycles. The molecule has 2 rings (SSSR count). The molecule has 2 aromatic rings. The van der Waals surface area contributed by atoms with Gasteiger partial charge in [0.15, 0.2) is 11.6 Å². The minimum Gasteiger partial charge on any atom is -0.316 e. The Morgan fingerprint density at radius 1 is 1.37 bits per heavy atom. The van der Waals surface area contributed by atoms with Crippen LogP contribution in [0.1, 0.15) is 11.1 Å². The third kappa shape index (κ3) is 2.73. The van der Waals surface area contributed by atoms with E-state index in [9.17, 15) is 17.6 Å². The van der Waals surface area contributed by atoms with E-state index in [2.05, 4.69) is 15.4 Å². The Hall–Kier alpha value is -1.96. The number of alkyl halides is 3. The summed E-state index contributed by atoms with van der Waals surface area (Å²) in [5.74, 6) is -0.961. The fraction of sp³-hybridized carbons (Fsp3) is 0.273. The average molecular weight is 274 g/mol. The average Bonchev–Trinajstić information content (AvgIpc) is 2.81. The van der Waals surface area contributed by atoms with Crippen LogP contribution in [0.5, 0.6) is 0 Å². The van der Waals surface area contributed by atoms with Crippen molar-refractivity contribution in [3.63, 3.8) is 0 Å². The quantitative estimate of drug-likeness (QED) is 0.872. The van der Waals surface area contributed by atoms with Gasteiger partial charge in [0.2, 0.25) is 0 Å². The zero-order valence-electron chi connectivity index (χ0n) is 9.87. The number of halogens is 4. The lowest BCUT2D eigenvalue weighted by molar-refractivity contribution is -0.137. The number of nitrogens with one attached hydrogen (secondary N) is 1. The molecule has 8 heteroatoms. The Kier molecular flexibility index (Phi) is 3.52. The van der Waals surface area contributed by atoms with Crippen molar-refractivity contribution in [2.24, 2.45) is 0 Å².